The van der Waals surface area contributed by atoms with Gasteiger partial charge in [0.15, 0.2) is 0 Å². The number of hydrogen-bond acceptors (Lipinski definition) is 4. The second kappa shape index (κ2) is 6.86. The fourth-order valence-corrected chi connectivity index (χ4v) is 1.72. The van der Waals surface area contributed by atoms with Crippen LogP contribution in [0.25, 0.3) is 0 Å². The van der Waals surface area contributed by atoms with Gasteiger partial charge in [-0.15, -0.1) is 0 Å². The summed E-state index contributed by atoms with van der Waals surface area (Å²) in [5, 5.41) is 11.7. The van der Waals surface area contributed by atoms with Gasteiger partial charge in [0.2, 0.25) is 0 Å². The Kier molecular flexibility index (Phi) is 5.45. The smallest absolute Gasteiger partial charge is 0.253 e. The molecule has 0 aliphatic carbocycles. The van der Waals surface area contributed by atoms with E-state index in [9.17, 15) is 4.79 Å². The van der Waals surface area contributed by atoms with Crippen LogP contribution in [-0.2, 0) is 0 Å². The van der Waals surface area contributed by atoms with Gasteiger partial charge in [0.1, 0.15) is 5.75 Å². The van der Waals surface area contributed by atoms with E-state index in [4.69, 9.17) is 15.6 Å². The van der Waals surface area contributed by atoms with E-state index in [1.165, 1.54) is 7.11 Å². The van der Waals surface area contributed by atoms with Crippen LogP contribution >= 0.6 is 0 Å². The maximum Gasteiger partial charge on any atom is 0.253 e. The Balaban J connectivity index is 2.84. The lowest BCUT2D eigenvalue weighted by molar-refractivity contribution is 0.0929. The number of hydrogen-bond donors (Lipinski definition) is 3. The molecule has 1 amide bonds. The average molecular weight is 252 g/mol. The zero-order valence-corrected chi connectivity index (χ0v) is 10.8. The van der Waals surface area contributed by atoms with Crippen molar-refractivity contribution >= 4 is 11.6 Å². The number of methoxy groups -OCH3 is 1. The van der Waals surface area contributed by atoms with Gasteiger partial charge >= 0.3 is 0 Å². The lowest BCUT2D eigenvalue weighted by Crippen LogP contribution is -2.35. The number of rotatable bonds is 6. The van der Waals surface area contributed by atoms with Crippen LogP contribution in [-0.4, -0.2) is 30.8 Å². The molecular formula is C13H20N2O3. The molecule has 1 rings (SSSR count). The monoisotopic (exact) mass is 252 g/mol. The first kappa shape index (κ1) is 14.3. The van der Waals surface area contributed by atoms with Gasteiger partial charge in [0.05, 0.1) is 18.4 Å². The molecule has 0 saturated heterocycles. The molecule has 0 aliphatic heterocycles. The first-order chi connectivity index (χ1) is 8.63. The second-order valence-electron chi connectivity index (χ2n) is 4.01. The van der Waals surface area contributed by atoms with Crippen molar-refractivity contribution in [3.05, 3.63) is 23.8 Å². The van der Waals surface area contributed by atoms with Crippen molar-refractivity contribution in [2.24, 2.45) is 0 Å². The molecule has 0 spiro atoms. The van der Waals surface area contributed by atoms with Gasteiger partial charge in [-0.3, -0.25) is 4.79 Å². The Labute approximate surface area is 107 Å². The Morgan fingerprint density at radius 3 is 2.83 bits per heavy atom. The van der Waals surface area contributed by atoms with Crippen LogP contribution in [0.4, 0.5) is 5.69 Å². The molecule has 0 fully saturated rings. The highest BCUT2D eigenvalue weighted by Gasteiger charge is 2.16. The van der Waals surface area contributed by atoms with E-state index >= 15 is 0 Å². The van der Waals surface area contributed by atoms with E-state index in [-0.39, 0.29) is 18.6 Å². The summed E-state index contributed by atoms with van der Waals surface area (Å²) in [5.41, 5.74) is 6.57. The largest absolute Gasteiger partial charge is 0.495 e. The molecule has 1 aromatic carbocycles. The number of nitrogen functional groups attached to an aromatic ring is 1. The summed E-state index contributed by atoms with van der Waals surface area (Å²) in [6.45, 7) is 2.00. The van der Waals surface area contributed by atoms with E-state index < -0.39 is 0 Å². The number of ether oxygens (including phenoxy) is 1. The Bertz CT molecular complexity index is 407. The lowest BCUT2D eigenvalue weighted by Gasteiger charge is -2.17. The topological polar surface area (TPSA) is 84.6 Å². The van der Waals surface area contributed by atoms with Gasteiger partial charge in [0.25, 0.3) is 5.91 Å². The van der Waals surface area contributed by atoms with Gasteiger partial charge in [0, 0.05) is 12.6 Å². The number of anilines is 1. The van der Waals surface area contributed by atoms with E-state index in [1.54, 1.807) is 18.2 Å². The predicted octanol–water partition coefficient (Wildman–Crippen LogP) is 1.17. The standard InChI is InChI=1S/C13H20N2O3/c1-3-9(7-8-16)15-13(17)10-5-4-6-11(18-2)12(10)14/h4-6,9,16H,3,7-8,14H2,1-2H3,(H,15,17). The molecule has 0 aliphatic rings. The molecule has 0 bridgehead atoms. The van der Waals surface area contributed by atoms with Crippen LogP contribution < -0.4 is 15.8 Å². The van der Waals surface area contributed by atoms with Crippen molar-refractivity contribution in [3.63, 3.8) is 0 Å². The molecule has 18 heavy (non-hydrogen) atoms. The minimum absolute atomic E-state index is 0.0480. The summed E-state index contributed by atoms with van der Waals surface area (Å²) in [6.07, 6.45) is 1.29. The summed E-state index contributed by atoms with van der Waals surface area (Å²) in [7, 11) is 1.51. The van der Waals surface area contributed by atoms with Crippen molar-refractivity contribution in [3.8, 4) is 5.75 Å². The third kappa shape index (κ3) is 3.37. The summed E-state index contributed by atoms with van der Waals surface area (Å²) in [4.78, 5) is 12.0. The van der Waals surface area contributed by atoms with E-state index in [0.717, 1.165) is 6.42 Å². The molecule has 0 aromatic heterocycles. The van der Waals surface area contributed by atoms with Gasteiger partial charge in [-0.1, -0.05) is 13.0 Å². The Morgan fingerprint density at radius 1 is 1.56 bits per heavy atom. The van der Waals surface area contributed by atoms with Crippen LogP contribution in [0, 0.1) is 0 Å². The molecule has 0 radical (unpaired) electrons. The van der Waals surface area contributed by atoms with E-state index in [2.05, 4.69) is 5.32 Å². The van der Waals surface area contributed by atoms with Gasteiger partial charge in [-0.05, 0) is 25.0 Å². The normalized spacial score (nSPS) is 11.9. The fraction of sp³-hybridized carbons (Fsp3) is 0.462. The van der Waals surface area contributed by atoms with Gasteiger partial charge in [-0.25, -0.2) is 0 Å². The van der Waals surface area contributed by atoms with Gasteiger partial charge in [-0.2, -0.15) is 0 Å². The zero-order valence-electron chi connectivity index (χ0n) is 10.8. The number of aliphatic hydroxyl groups is 1. The third-order valence-electron chi connectivity index (χ3n) is 2.84. The molecule has 5 heteroatoms. The summed E-state index contributed by atoms with van der Waals surface area (Å²) in [6, 6.07) is 5.03. The number of carbonyl (C=O) groups excluding carboxylic acids is 1. The minimum atomic E-state index is -0.244. The molecule has 1 atom stereocenters. The SMILES string of the molecule is CCC(CCO)NC(=O)c1cccc(OC)c1N. The highest BCUT2D eigenvalue weighted by Crippen LogP contribution is 2.24. The number of aliphatic hydroxyl groups excluding tert-OH is 1. The summed E-state index contributed by atoms with van der Waals surface area (Å²) in [5.74, 6) is 0.240. The maximum atomic E-state index is 12.0. The number of para-hydroxylation sites is 1. The lowest BCUT2D eigenvalue weighted by atomic mass is 10.1. The van der Waals surface area contributed by atoms with Crippen LogP contribution in [0.3, 0.4) is 0 Å². The quantitative estimate of drug-likeness (QED) is 0.663. The molecule has 100 valence electrons. The van der Waals surface area contributed by atoms with Crippen LogP contribution in [0.15, 0.2) is 18.2 Å². The van der Waals surface area contributed by atoms with E-state index in [1.807, 2.05) is 6.92 Å². The van der Waals surface area contributed by atoms with Crippen molar-refractivity contribution in [2.75, 3.05) is 19.5 Å². The molecule has 0 heterocycles. The third-order valence-corrected chi connectivity index (χ3v) is 2.84. The Hall–Kier alpha value is -1.75. The number of nitrogens with one attached hydrogen (secondary N) is 1. The van der Waals surface area contributed by atoms with Crippen molar-refractivity contribution < 1.29 is 14.6 Å². The minimum Gasteiger partial charge on any atom is -0.495 e. The van der Waals surface area contributed by atoms with Crippen LogP contribution in [0.1, 0.15) is 30.1 Å². The first-order valence-corrected chi connectivity index (χ1v) is 5.98. The molecule has 0 saturated carbocycles. The molecular weight excluding hydrogens is 232 g/mol. The highest BCUT2D eigenvalue weighted by atomic mass is 16.5. The van der Waals surface area contributed by atoms with Crippen molar-refractivity contribution in [2.45, 2.75) is 25.8 Å². The van der Waals surface area contributed by atoms with Gasteiger partial charge < -0.3 is 20.9 Å². The van der Waals surface area contributed by atoms with E-state index in [0.29, 0.717) is 23.4 Å². The summed E-state index contributed by atoms with van der Waals surface area (Å²) >= 11 is 0. The fourth-order valence-electron chi connectivity index (χ4n) is 1.72. The molecule has 1 unspecified atom stereocenters. The number of benzene rings is 1. The number of carbonyl (C=O) groups is 1. The predicted molar refractivity (Wildman–Crippen MR) is 70.7 cm³/mol. The highest BCUT2D eigenvalue weighted by molar-refractivity contribution is 6.00. The van der Waals surface area contributed by atoms with Crippen LogP contribution in [0.5, 0.6) is 5.75 Å². The Morgan fingerprint density at radius 2 is 2.28 bits per heavy atom. The average Bonchev–Trinajstić information content (AvgIpc) is 2.38. The van der Waals surface area contributed by atoms with Crippen LogP contribution in [0.2, 0.25) is 0 Å². The maximum absolute atomic E-state index is 12.0. The molecule has 4 N–H and O–H groups in total. The number of amides is 1. The summed E-state index contributed by atoms with van der Waals surface area (Å²) < 4.78 is 5.07. The number of nitrogens with two attached hydrogens (primary N) is 1. The zero-order chi connectivity index (χ0) is 13.5. The first-order valence-electron chi connectivity index (χ1n) is 5.98. The molecule has 5 nitrogen and oxygen atoms in total. The van der Waals surface area contributed by atoms with Crippen molar-refractivity contribution in [1.29, 1.82) is 0 Å². The molecule has 1 aromatic rings. The second-order valence-corrected chi connectivity index (χ2v) is 4.01. The van der Waals surface area contributed by atoms with Crippen molar-refractivity contribution in [1.82, 2.24) is 5.32 Å².